The molecule has 1 aromatic carbocycles. The zero-order valence-corrected chi connectivity index (χ0v) is 9.12. The normalized spacial score (nSPS) is 10.0. The van der Waals surface area contributed by atoms with Gasteiger partial charge < -0.3 is 10.1 Å². The number of aromatic amines is 1. The monoisotopic (exact) mass is 231 g/mol. The van der Waals surface area contributed by atoms with Crippen molar-refractivity contribution in [3.63, 3.8) is 0 Å². The third kappa shape index (κ3) is 2.01. The predicted molar refractivity (Wildman–Crippen MR) is 64.0 cm³/mol. The number of carboxylic acid groups (broad SMARTS) is 1. The van der Waals surface area contributed by atoms with Gasteiger partial charge in [0.05, 0.1) is 5.56 Å². The number of aromatic nitrogens is 1. The van der Waals surface area contributed by atoms with E-state index in [0.717, 1.165) is 11.1 Å². The van der Waals surface area contributed by atoms with Crippen LogP contribution in [0.3, 0.4) is 0 Å². The van der Waals surface area contributed by atoms with Gasteiger partial charge in [-0.1, -0.05) is 42.5 Å². The van der Waals surface area contributed by atoms with Crippen LogP contribution in [0.1, 0.15) is 10.4 Å². The molecule has 0 unspecified atom stereocenters. The molecule has 0 bridgehead atoms. The summed E-state index contributed by atoms with van der Waals surface area (Å²) in [6.45, 7) is 0. The fourth-order valence-corrected chi connectivity index (χ4v) is 1.65. The Morgan fingerprint density at radius 2 is 1.88 bits per heavy atom. The highest BCUT2D eigenvalue weighted by atomic mass is 32.1. The molecule has 0 amide bonds. The van der Waals surface area contributed by atoms with Crippen LogP contribution in [0, 0.1) is 4.64 Å². The van der Waals surface area contributed by atoms with E-state index >= 15 is 0 Å². The van der Waals surface area contributed by atoms with Gasteiger partial charge in [-0.25, -0.2) is 4.79 Å². The summed E-state index contributed by atoms with van der Waals surface area (Å²) in [6.07, 6.45) is 1.71. The Balaban J connectivity index is 2.57. The number of carbonyl (C=O) groups is 1. The molecule has 16 heavy (non-hydrogen) atoms. The van der Waals surface area contributed by atoms with Gasteiger partial charge in [0.1, 0.15) is 4.64 Å². The van der Waals surface area contributed by atoms with Crippen LogP contribution < -0.4 is 0 Å². The van der Waals surface area contributed by atoms with Gasteiger partial charge in [-0.2, -0.15) is 0 Å². The SMILES string of the molecule is O=C(O)c1cc(-c2ccccc2)c[nH]c1=S. The summed E-state index contributed by atoms with van der Waals surface area (Å²) in [7, 11) is 0. The van der Waals surface area contributed by atoms with E-state index in [-0.39, 0.29) is 10.2 Å². The lowest BCUT2D eigenvalue weighted by molar-refractivity contribution is 0.0696. The first-order valence-corrected chi connectivity index (χ1v) is 5.11. The summed E-state index contributed by atoms with van der Waals surface area (Å²) < 4.78 is 0.243. The van der Waals surface area contributed by atoms with Gasteiger partial charge in [-0.05, 0) is 17.2 Å². The molecule has 1 heterocycles. The van der Waals surface area contributed by atoms with Gasteiger partial charge in [-0.3, -0.25) is 0 Å². The van der Waals surface area contributed by atoms with Crippen LogP contribution in [-0.2, 0) is 0 Å². The molecule has 0 aliphatic rings. The summed E-state index contributed by atoms with van der Waals surface area (Å²) in [5, 5.41) is 8.95. The number of H-pyrrole nitrogens is 1. The maximum atomic E-state index is 10.9. The molecule has 0 radical (unpaired) electrons. The number of aromatic carboxylic acids is 1. The van der Waals surface area contributed by atoms with Crippen molar-refractivity contribution in [3.05, 3.63) is 52.8 Å². The van der Waals surface area contributed by atoms with Crippen molar-refractivity contribution in [1.82, 2.24) is 4.98 Å². The number of carboxylic acids is 1. The summed E-state index contributed by atoms with van der Waals surface area (Å²) in [4.78, 5) is 13.7. The molecule has 3 nitrogen and oxygen atoms in total. The Labute approximate surface area is 97.4 Å². The zero-order chi connectivity index (χ0) is 11.5. The molecule has 2 aromatic rings. The Hall–Kier alpha value is -1.94. The molecule has 0 aliphatic heterocycles. The summed E-state index contributed by atoms with van der Waals surface area (Å²) in [6, 6.07) is 11.1. The Morgan fingerprint density at radius 1 is 1.19 bits per heavy atom. The zero-order valence-electron chi connectivity index (χ0n) is 8.31. The van der Waals surface area contributed by atoms with Gasteiger partial charge in [-0.15, -0.1) is 0 Å². The molecule has 4 heteroatoms. The topological polar surface area (TPSA) is 53.1 Å². The molecule has 80 valence electrons. The number of nitrogens with one attached hydrogen (secondary N) is 1. The lowest BCUT2D eigenvalue weighted by atomic mass is 10.1. The number of pyridine rings is 1. The van der Waals surface area contributed by atoms with Gasteiger partial charge in [0.25, 0.3) is 0 Å². The van der Waals surface area contributed by atoms with Gasteiger partial charge in [0.15, 0.2) is 0 Å². The summed E-state index contributed by atoms with van der Waals surface area (Å²) >= 11 is 4.90. The minimum absolute atomic E-state index is 0.122. The van der Waals surface area contributed by atoms with Crippen molar-refractivity contribution in [2.45, 2.75) is 0 Å². The van der Waals surface area contributed by atoms with Crippen molar-refractivity contribution in [2.24, 2.45) is 0 Å². The van der Waals surface area contributed by atoms with Crippen LogP contribution >= 0.6 is 12.2 Å². The second-order valence-corrected chi connectivity index (χ2v) is 3.71. The van der Waals surface area contributed by atoms with Gasteiger partial charge >= 0.3 is 5.97 Å². The maximum Gasteiger partial charge on any atom is 0.338 e. The molecule has 0 atom stereocenters. The van der Waals surface area contributed by atoms with Crippen molar-refractivity contribution in [2.75, 3.05) is 0 Å². The van der Waals surface area contributed by atoms with Gasteiger partial charge in [0, 0.05) is 6.20 Å². The first-order chi connectivity index (χ1) is 7.68. The lowest BCUT2D eigenvalue weighted by Crippen LogP contribution is -1.99. The number of benzene rings is 1. The van der Waals surface area contributed by atoms with Crippen LogP contribution in [0.25, 0.3) is 11.1 Å². The van der Waals surface area contributed by atoms with Crippen molar-refractivity contribution in [1.29, 1.82) is 0 Å². The molecule has 0 saturated heterocycles. The van der Waals surface area contributed by atoms with Crippen LogP contribution in [0.15, 0.2) is 42.6 Å². The van der Waals surface area contributed by atoms with E-state index in [1.54, 1.807) is 12.3 Å². The second kappa shape index (κ2) is 4.28. The van der Waals surface area contributed by atoms with Crippen molar-refractivity contribution < 1.29 is 9.90 Å². The van der Waals surface area contributed by atoms with Crippen molar-refractivity contribution >= 4 is 18.2 Å². The smallest absolute Gasteiger partial charge is 0.338 e. The van der Waals surface area contributed by atoms with E-state index in [1.165, 1.54) is 0 Å². The highest BCUT2D eigenvalue weighted by Gasteiger charge is 2.07. The standard InChI is InChI=1S/C12H9NO2S/c14-12(15)10-6-9(7-13-11(10)16)8-4-2-1-3-5-8/h1-7H,(H,13,16)(H,14,15). The number of hydrogen-bond donors (Lipinski definition) is 2. The molecule has 2 rings (SSSR count). The largest absolute Gasteiger partial charge is 0.478 e. The van der Waals surface area contributed by atoms with Crippen LogP contribution in [0.4, 0.5) is 0 Å². The number of rotatable bonds is 2. The quantitative estimate of drug-likeness (QED) is 0.781. The fraction of sp³-hybridized carbons (Fsp3) is 0. The van der Waals surface area contributed by atoms with E-state index in [0.29, 0.717) is 0 Å². The summed E-state index contributed by atoms with van der Waals surface area (Å²) in [5.41, 5.74) is 1.89. The molecule has 2 N–H and O–H groups in total. The highest BCUT2D eigenvalue weighted by Crippen LogP contribution is 2.19. The second-order valence-electron chi connectivity index (χ2n) is 3.30. The van der Waals surface area contributed by atoms with Crippen LogP contribution in [-0.4, -0.2) is 16.1 Å². The van der Waals surface area contributed by atoms with Gasteiger partial charge in [0.2, 0.25) is 0 Å². The molecule has 1 aromatic heterocycles. The maximum absolute atomic E-state index is 10.9. The van der Waals surface area contributed by atoms with E-state index in [1.807, 2.05) is 30.3 Å². The van der Waals surface area contributed by atoms with E-state index < -0.39 is 5.97 Å². The van der Waals surface area contributed by atoms with Crippen LogP contribution in [0.5, 0.6) is 0 Å². The molecular formula is C12H9NO2S. The Bertz CT molecular complexity index is 575. The number of hydrogen-bond acceptors (Lipinski definition) is 2. The van der Waals surface area contributed by atoms with E-state index in [9.17, 15) is 4.79 Å². The van der Waals surface area contributed by atoms with Crippen molar-refractivity contribution in [3.8, 4) is 11.1 Å². The molecule has 0 aliphatic carbocycles. The van der Waals surface area contributed by atoms with Crippen LogP contribution in [0.2, 0.25) is 0 Å². The highest BCUT2D eigenvalue weighted by molar-refractivity contribution is 7.71. The first kappa shape index (κ1) is 10.6. The third-order valence-corrected chi connectivity index (χ3v) is 2.58. The molecule has 0 spiro atoms. The minimum atomic E-state index is -1.01. The average Bonchev–Trinajstić information content (AvgIpc) is 2.30. The Morgan fingerprint density at radius 3 is 2.50 bits per heavy atom. The first-order valence-electron chi connectivity index (χ1n) is 4.70. The minimum Gasteiger partial charge on any atom is -0.478 e. The lowest BCUT2D eigenvalue weighted by Gasteiger charge is -2.02. The Kier molecular flexibility index (Phi) is 2.83. The van der Waals surface area contributed by atoms with E-state index in [4.69, 9.17) is 17.3 Å². The third-order valence-electron chi connectivity index (χ3n) is 2.24. The molecule has 0 saturated carbocycles. The fourth-order valence-electron chi connectivity index (χ4n) is 1.44. The molecular weight excluding hydrogens is 222 g/mol. The predicted octanol–water partition coefficient (Wildman–Crippen LogP) is 3.11. The summed E-state index contributed by atoms with van der Waals surface area (Å²) in [5.74, 6) is -1.01. The molecule has 0 fully saturated rings. The average molecular weight is 231 g/mol. The van der Waals surface area contributed by atoms with E-state index in [2.05, 4.69) is 4.98 Å².